The van der Waals surface area contributed by atoms with Crippen molar-refractivity contribution >= 4 is 27.2 Å². The average Bonchev–Trinajstić information content (AvgIpc) is 2.85. The zero-order valence-electron chi connectivity index (χ0n) is 12.0. The van der Waals surface area contributed by atoms with E-state index >= 15 is 0 Å². The molecule has 0 bridgehead atoms. The summed E-state index contributed by atoms with van der Waals surface area (Å²) in [7, 11) is -1.06. The predicted molar refractivity (Wildman–Crippen MR) is 80.9 cm³/mol. The molecule has 0 unspecified atom stereocenters. The van der Waals surface area contributed by atoms with Gasteiger partial charge in [-0.25, -0.2) is 4.21 Å². The molecule has 21 heavy (non-hydrogen) atoms. The van der Waals surface area contributed by atoms with Crippen molar-refractivity contribution < 1.29 is 18.5 Å². The lowest BCUT2D eigenvalue weighted by molar-refractivity contribution is -0.133. The van der Waals surface area contributed by atoms with Crippen LogP contribution in [0.5, 0.6) is 5.75 Å². The molecule has 0 aliphatic carbocycles. The number of amides is 2. The van der Waals surface area contributed by atoms with Gasteiger partial charge in [0.1, 0.15) is 5.75 Å². The van der Waals surface area contributed by atoms with Gasteiger partial charge in [0.15, 0.2) is 0 Å². The second-order valence-corrected chi connectivity index (χ2v) is 7.49. The number of hydrogen-bond acceptors (Lipinski definition) is 4. The molecule has 0 saturated carbocycles. The molecule has 0 atom stereocenters. The monoisotopic (exact) mass is 310 g/mol. The van der Waals surface area contributed by atoms with Crippen molar-refractivity contribution in [2.24, 2.45) is 4.36 Å². The van der Waals surface area contributed by atoms with Crippen LogP contribution in [0.15, 0.2) is 22.6 Å². The number of rotatable bonds is 2. The van der Waals surface area contributed by atoms with Gasteiger partial charge in [-0.05, 0) is 37.5 Å². The summed E-state index contributed by atoms with van der Waals surface area (Å²) in [6.07, 6.45) is 1.56. The minimum Gasteiger partial charge on any atom is -0.495 e. The third-order valence-corrected chi connectivity index (χ3v) is 5.58. The number of anilines is 1. The van der Waals surface area contributed by atoms with Gasteiger partial charge >= 0.3 is 11.8 Å². The number of methoxy groups -OCH3 is 1. The van der Waals surface area contributed by atoms with Crippen molar-refractivity contribution in [3.63, 3.8) is 0 Å². The van der Waals surface area contributed by atoms with Crippen LogP contribution in [-0.2, 0) is 19.3 Å². The lowest BCUT2D eigenvalue weighted by Gasteiger charge is -2.09. The fourth-order valence-corrected chi connectivity index (χ4v) is 4.22. The highest BCUT2D eigenvalue weighted by molar-refractivity contribution is 7.94. The Balaban J connectivity index is 2.17. The van der Waals surface area contributed by atoms with Gasteiger partial charge < -0.3 is 10.1 Å². The Morgan fingerprint density at radius 1 is 1.29 bits per heavy atom. The molecule has 0 radical (unpaired) electrons. The van der Waals surface area contributed by atoms with Crippen molar-refractivity contribution in [3.8, 4) is 5.75 Å². The van der Waals surface area contributed by atoms with Gasteiger partial charge in [-0.15, -0.1) is 0 Å². The average molecular weight is 310 g/mol. The van der Waals surface area contributed by atoms with Gasteiger partial charge in [-0.1, -0.05) is 6.07 Å². The fourth-order valence-electron chi connectivity index (χ4n) is 2.14. The summed E-state index contributed by atoms with van der Waals surface area (Å²) in [6, 6.07) is 5.22. The summed E-state index contributed by atoms with van der Waals surface area (Å²) in [5.74, 6) is -0.662. The zero-order valence-corrected chi connectivity index (χ0v) is 12.9. The Hall–Kier alpha value is -1.89. The second kappa shape index (κ2) is 6.26. The minimum atomic E-state index is -2.53. The van der Waals surface area contributed by atoms with Crippen molar-refractivity contribution in [2.45, 2.75) is 19.8 Å². The molecule has 2 rings (SSSR count). The van der Waals surface area contributed by atoms with Crippen LogP contribution in [0.1, 0.15) is 18.4 Å². The highest BCUT2D eigenvalue weighted by Crippen LogP contribution is 2.25. The maximum Gasteiger partial charge on any atom is 0.343 e. The van der Waals surface area contributed by atoms with E-state index in [0.717, 1.165) is 18.4 Å². The molecule has 1 heterocycles. The molecule has 7 heteroatoms. The van der Waals surface area contributed by atoms with E-state index in [0.29, 0.717) is 22.9 Å². The smallest absolute Gasteiger partial charge is 0.343 e. The van der Waals surface area contributed by atoms with Crippen LogP contribution in [-0.4, -0.2) is 34.6 Å². The van der Waals surface area contributed by atoms with E-state index in [4.69, 9.17) is 4.74 Å². The number of ether oxygens (including phenoxy) is 1. The normalized spacial score (nSPS) is 16.3. The summed E-state index contributed by atoms with van der Waals surface area (Å²) >= 11 is 0. The topological polar surface area (TPSA) is 84.8 Å². The van der Waals surface area contributed by atoms with Gasteiger partial charge in [-0.2, -0.15) is 4.36 Å². The molecule has 6 nitrogen and oxygen atoms in total. The summed E-state index contributed by atoms with van der Waals surface area (Å²) in [6.45, 7) is 1.86. The number of benzene rings is 1. The third-order valence-electron chi connectivity index (χ3n) is 3.22. The second-order valence-electron chi connectivity index (χ2n) is 4.94. The Morgan fingerprint density at radius 2 is 1.95 bits per heavy atom. The zero-order chi connectivity index (χ0) is 15.5. The molecule has 114 valence electrons. The summed E-state index contributed by atoms with van der Waals surface area (Å²) < 4.78 is 20.9. The van der Waals surface area contributed by atoms with Crippen LogP contribution in [0.3, 0.4) is 0 Å². The van der Waals surface area contributed by atoms with Crippen LogP contribution >= 0.6 is 0 Å². The van der Waals surface area contributed by atoms with Gasteiger partial charge in [0.25, 0.3) is 0 Å². The predicted octanol–water partition coefficient (Wildman–Crippen LogP) is 1.73. The maximum atomic E-state index is 12.1. The first-order chi connectivity index (χ1) is 9.93. The number of nitrogens with one attached hydrogen (secondary N) is 1. The lowest BCUT2D eigenvalue weighted by atomic mass is 10.2. The van der Waals surface area contributed by atoms with Crippen molar-refractivity contribution in [3.05, 3.63) is 23.8 Å². The van der Waals surface area contributed by atoms with Crippen molar-refractivity contribution in [1.82, 2.24) is 0 Å². The molecular formula is C14H18N2O4S. The molecular weight excluding hydrogens is 292 g/mol. The quantitative estimate of drug-likeness (QED) is 0.843. The largest absolute Gasteiger partial charge is 0.495 e. The first-order valence-electron chi connectivity index (χ1n) is 6.66. The fraction of sp³-hybridized carbons (Fsp3) is 0.429. The molecule has 2 amide bonds. The van der Waals surface area contributed by atoms with E-state index in [1.54, 1.807) is 12.1 Å². The van der Waals surface area contributed by atoms with E-state index in [1.807, 2.05) is 13.0 Å². The molecule has 1 N–H and O–H groups in total. The number of carbonyl (C=O) groups is 2. The molecule has 1 fully saturated rings. The molecule has 1 aliphatic heterocycles. The van der Waals surface area contributed by atoms with E-state index in [-0.39, 0.29) is 0 Å². The highest BCUT2D eigenvalue weighted by Gasteiger charge is 2.22. The molecule has 1 saturated heterocycles. The molecule has 0 spiro atoms. The van der Waals surface area contributed by atoms with Gasteiger partial charge in [-0.3, -0.25) is 9.59 Å². The lowest BCUT2D eigenvalue weighted by Crippen LogP contribution is -2.23. The maximum absolute atomic E-state index is 12.1. The van der Waals surface area contributed by atoms with Gasteiger partial charge in [0.05, 0.1) is 22.5 Å². The molecule has 0 aromatic heterocycles. The Kier molecular flexibility index (Phi) is 4.62. The van der Waals surface area contributed by atoms with Crippen LogP contribution < -0.4 is 10.1 Å². The highest BCUT2D eigenvalue weighted by atomic mass is 32.2. The number of aryl methyl sites for hydroxylation is 1. The van der Waals surface area contributed by atoms with Crippen LogP contribution in [0, 0.1) is 6.92 Å². The van der Waals surface area contributed by atoms with E-state index < -0.39 is 21.5 Å². The number of carbonyl (C=O) groups excluding carboxylic acids is 2. The molecule has 1 aliphatic rings. The summed E-state index contributed by atoms with van der Waals surface area (Å²) in [5.41, 5.74) is 1.31. The van der Waals surface area contributed by atoms with Crippen molar-refractivity contribution in [2.75, 3.05) is 23.9 Å². The molecule has 1 aromatic carbocycles. The minimum absolute atomic E-state index is 0.389. The summed E-state index contributed by atoms with van der Waals surface area (Å²) in [4.78, 5) is 23.7. The van der Waals surface area contributed by atoms with Crippen LogP contribution in [0.2, 0.25) is 0 Å². The van der Waals surface area contributed by atoms with Gasteiger partial charge in [0, 0.05) is 11.5 Å². The summed E-state index contributed by atoms with van der Waals surface area (Å²) in [5, 5.41) is 2.46. The Morgan fingerprint density at radius 3 is 2.57 bits per heavy atom. The SMILES string of the molecule is COc1ccc(C)cc1NC(=O)C(=O)N=S1(=O)CCCC1. The first-order valence-corrected chi connectivity index (χ1v) is 8.51. The Labute approximate surface area is 124 Å². The standard InChI is InChI=1S/C14H18N2O4S/c1-10-5-6-12(20-2)11(9-10)15-13(17)14(18)16-21(19)7-3-4-8-21/h5-6,9H,3-4,7-8H2,1-2H3,(H,15,17). The van der Waals surface area contributed by atoms with Crippen LogP contribution in [0.25, 0.3) is 0 Å². The first kappa shape index (κ1) is 15.5. The molecule has 1 aromatic rings. The van der Waals surface area contributed by atoms with E-state index in [1.165, 1.54) is 7.11 Å². The van der Waals surface area contributed by atoms with E-state index in [2.05, 4.69) is 9.68 Å². The van der Waals surface area contributed by atoms with E-state index in [9.17, 15) is 13.8 Å². The van der Waals surface area contributed by atoms with Crippen molar-refractivity contribution in [1.29, 1.82) is 0 Å². The van der Waals surface area contributed by atoms with Gasteiger partial charge in [0.2, 0.25) is 0 Å². The third kappa shape index (κ3) is 3.81. The Bertz CT molecular complexity index is 678. The van der Waals surface area contributed by atoms with Crippen LogP contribution in [0.4, 0.5) is 5.69 Å². The number of nitrogens with zero attached hydrogens (tertiary/aromatic N) is 1. The number of hydrogen-bond donors (Lipinski definition) is 1.